The second-order valence-electron chi connectivity index (χ2n) is 16.8. The fourth-order valence-corrected chi connectivity index (χ4v) is 10.9. The highest BCUT2D eigenvalue weighted by molar-refractivity contribution is 5.99. The molecular formula is C58H42N2. The lowest BCUT2D eigenvalue weighted by molar-refractivity contribution is 0.660. The topological polar surface area (TPSA) is 6.48 Å². The van der Waals surface area contributed by atoms with Crippen molar-refractivity contribution < 1.29 is 0 Å². The van der Waals surface area contributed by atoms with Gasteiger partial charge in [-0.05, 0) is 127 Å². The third-order valence-corrected chi connectivity index (χ3v) is 13.4. The first kappa shape index (κ1) is 34.6. The smallest absolute Gasteiger partial charge is 0.0760 e. The number of benzene rings is 9. The lowest BCUT2D eigenvalue weighted by Gasteiger charge is -2.45. The summed E-state index contributed by atoms with van der Waals surface area (Å²) in [5.41, 5.74) is 22.0. The van der Waals surface area contributed by atoms with Crippen LogP contribution in [0.25, 0.3) is 33.4 Å². The highest BCUT2D eigenvalue weighted by atomic mass is 15.2. The lowest BCUT2D eigenvalue weighted by Crippen LogP contribution is -2.36. The SMILES string of the molecule is CC1(C)c2ccccc2-c2ccc(N(c3ccccc3)c3ccc(-c4cccc5c4C4(c6ccccc6-5)c5ccccc5N(c5ccccc5)c5ccccc54)cc3)cc21. The summed E-state index contributed by atoms with van der Waals surface area (Å²) in [7, 11) is 0. The number of hydrogen-bond donors (Lipinski definition) is 0. The third-order valence-electron chi connectivity index (χ3n) is 13.4. The first-order chi connectivity index (χ1) is 29.5. The van der Waals surface area contributed by atoms with Gasteiger partial charge in [0.25, 0.3) is 0 Å². The van der Waals surface area contributed by atoms with Crippen molar-refractivity contribution in [2.24, 2.45) is 0 Å². The average molecular weight is 767 g/mol. The summed E-state index contributed by atoms with van der Waals surface area (Å²) >= 11 is 0. The zero-order valence-electron chi connectivity index (χ0n) is 33.7. The minimum Gasteiger partial charge on any atom is -0.310 e. The Labute approximate surface area is 352 Å². The second kappa shape index (κ2) is 13.0. The van der Waals surface area contributed by atoms with Gasteiger partial charge in [-0.15, -0.1) is 0 Å². The van der Waals surface area contributed by atoms with Crippen LogP contribution in [0.1, 0.15) is 47.2 Å². The van der Waals surface area contributed by atoms with Gasteiger partial charge in [-0.2, -0.15) is 0 Å². The molecule has 2 aliphatic carbocycles. The van der Waals surface area contributed by atoms with Crippen molar-refractivity contribution in [2.45, 2.75) is 24.7 Å². The molecule has 0 atom stereocenters. The van der Waals surface area contributed by atoms with Crippen molar-refractivity contribution in [1.82, 2.24) is 0 Å². The molecule has 1 spiro atoms. The van der Waals surface area contributed by atoms with E-state index in [1.54, 1.807) is 0 Å². The van der Waals surface area contributed by atoms with Gasteiger partial charge in [0.2, 0.25) is 0 Å². The van der Waals surface area contributed by atoms with Crippen LogP contribution < -0.4 is 9.80 Å². The standard InChI is InChI=1S/C58H42N2/c1-57(2)49-26-11-9-22-45(49)47-37-36-43(38-53(47)57)59(40-18-5-3-6-19-40)42-34-32-39(33-35-42)44-24-17-25-48-46-23-10-12-27-50(46)58(56(44)48)51-28-13-15-30-54(51)60(41-20-7-4-8-21-41)55-31-16-14-29-52(55)58/h3-38H,1-2H3. The van der Waals surface area contributed by atoms with Crippen molar-refractivity contribution in [3.63, 3.8) is 0 Å². The van der Waals surface area contributed by atoms with Crippen LogP contribution in [-0.2, 0) is 10.8 Å². The van der Waals surface area contributed by atoms with E-state index in [2.05, 4.69) is 242 Å². The molecule has 60 heavy (non-hydrogen) atoms. The normalized spacial score (nSPS) is 14.4. The van der Waals surface area contributed by atoms with Gasteiger partial charge in [-0.25, -0.2) is 0 Å². The van der Waals surface area contributed by atoms with Crippen LogP contribution in [0.3, 0.4) is 0 Å². The highest BCUT2D eigenvalue weighted by Gasteiger charge is 2.52. The van der Waals surface area contributed by atoms with E-state index in [1.807, 2.05) is 0 Å². The molecule has 1 heterocycles. The van der Waals surface area contributed by atoms with Gasteiger partial charge in [0.1, 0.15) is 0 Å². The van der Waals surface area contributed by atoms with E-state index in [-0.39, 0.29) is 5.41 Å². The minimum atomic E-state index is -0.537. The summed E-state index contributed by atoms with van der Waals surface area (Å²) < 4.78 is 0. The number of fused-ring (bicyclic) bond motifs is 12. The predicted octanol–water partition coefficient (Wildman–Crippen LogP) is 15.3. The summed E-state index contributed by atoms with van der Waals surface area (Å²) in [6.45, 7) is 4.71. The summed E-state index contributed by atoms with van der Waals surface area (Å²) in [5.74, 6) is 0. The molecular weight excluding hydrogens is 725 g/mol. The summed E-state index contributed by atoms with van der Waals surface area (Å²) in [5, 5.41) is 0. The molecule has 2 nitrogen and oxygen atoms in total. The monoisotopic (exact) mass is 766 g/mol. The lowest BCUT2D eigenvalue weighted by atomic mass is 9.63. The maximum absolute atomic E-state index is 2.45. The Morgan fingerprint density at radius 3 is 1.52 bits per heavy atom. The average Bonchev–Trinajstić information content (AvgIpc) is 3.73. The zero-order chi connectivity index (χ0) is 40.0. The Morgan fingerprint density at radius 2 is 0.833 bits per heavy atom. The van der Waals surface area contributed by atoms with E-state index in [9.17, 15) is 0 Å². The molecule has 0 amide bonds. The van der Waals surface area contributed by atoms with Crippen LogP contribution >= 0.6 is 0 Å². The Bertz CT molecular complexity index is 3080. The number of para-hydroxylation sites is 4. The molecule has 12 rings (SSSR count). The summed E-state index contributed by atoms with van der Waals surface area (Å²) in [6.07, 6.45) is 0. The molecule has 9 aromatic rings. The third kappa shape index (κ3) is 4.76. The molecule has 0 saturated heterocycles. The van der Waals surface area contributed by atoms with E-state index in [0.717, 1.165) is 22.7 Å². The van der Waals surface area contributed by atoms with Gasteiger partial charge < -0.3 is 9.80 Å². The highest BCUT2D eigenvalue weighted by Crippen LogP contribution is 2.65. The quantitative estimate of drug-likeness (QED) is 0.172. The Hall–Kier alpha value is -7.42. The molecule has 0 saturated carbocycles. The molecule has 0 N–H and O–H groups in total. The van der Waals surface area contributed by atoms with Gasteiger partial charge in [0, 0.05) is 28.2 Å². The molecule has 3 aliphatic rings. The molecule has 0 fully saturated rings. The van der Waals surface area contributed by atoms with Crippen molar-refractivity contribution in [2.75, 3.05) is 9.80 Å². The van der Waals surface area contributed by atoms with Crippen molar-refractivity contribution in [3.05, 3.63) is 252 Å². The minimum absolute atomic E-state index is 0.0934. The van der Waals surface area contributed by atoms with Gasteiger partial charge in [0.15, 0.2) is 0 Å². The molecule has 0 aromatic heterocycles. The number of nitrogens with zero attached hydrogens (tertiary/aromatic N) is 2. The number of rotatable bonds is 5. The van der Waals surface area contributed by atoms with E-state index < -0.39 is 5.41 Å². The maximum atomic E-state index is 2.45. The fourth-order valence-electron chi connectivity index (χ4n) is 10.9. The van der Waals surface area contributed by atoms with Crippen molar-refractivity contribution >= 4 is 34.1 Å². The molecule has 0 unspecified atom stereocenters. The number of anilines is 6. The van der Waals surface area contributed by atoms with Gasteiger partial charge >= 0.3 is 0 Å². The van der Waals surface area contributed by atoms with Gasteiger partial charge in [-0.3, -0.25) is 0 Å². The van der Waals surface area contributed by atoms with E-state index in [0.29, 0.717) is 0 Å². The Balaban J connectivity index is 1.04. The number of hydrogen-bond acceptors (Lipinski definition) is 2. The molecule has 0 radical (unpaired) electrons. The molecule has 2 heteroatoms. The van der Waals surface area contributed by atoms with Crippen LogP contribution in [-0.4, -0.2) is 0 Å². The van der Waals surface area contributed by atoms with Crippen LogP contribution in [0.15, 0.2) is 218 Å². The predicted molar refractivity (Wildman–Crippen MR) is 250 cm³/mol. The first-order valence-corrected chi connectivity index (χ1v) is 21.0. The van der Waals surface area contributed by atoms with E-state index in [1.165, 1.54) is 78.1 Å². The molecule has 0 bridgehead atoms. The molecule has 1 aliphatic heterocycles. The largest absolute Gasteiger partial charge is 0.310 e. The summed E-state index contributed by atoms with van der Waals surface area (Å²) in [4.78, 5) is 4.85. The van der Waals surface area contributed by atoms with Crippen molar-refractivity contribution in [1.29, 1.82) is 0 Å². The second-order valence-corrected chi connectivity index (χ2v) is 16.8. The van der Waals surface area contributed by atoms with Gasteiger partial charge in [0.05, 0.1) is 16.8 Å². The van der Waals surface area contributed by atoms with Crippen LogP contribution in [0.2, 0.25) is 0 Å². The van der Waals surface area contributed by atoms with Crippen LogP contribution in [0.5, 0.6) is 0 Å². The van der Waals surface area contributed by atoms with E-state index in [4.69, 9.17) is 0 Å². The molecule has 9 aromatic carbocycles. The molecule has 284 valence electrons. The van der Waals surface area contributed by atoms with Gasteiger partial charge in [-0.1, -0.05) is 172 Å². The van der Waals surface area contributed by atoms with Crippen LogP contribution in [0, 0.1) is 0 Å². The maximum Gasteiger partial charge on any atom is 0.0760 e. The Kier molecular flexibility index (Phi) is 7.52. The summed E-state index contributed by atoms with van der Waals surface area (Å²) in [6, 6.07) is 80.9. The zero-order valence-corrected chi connectivity index (χ0v) is 33.7. The first-order valence-electron chi connectivity index (χ1n) is 21.0. The van der Waals surface area contributed by atoms with Crippen LogP contribution in [0.4, 0.5) is 34.1 Å². The fraction of sp³-hybridized carbons (Fsp3) is 0.0690. The Morgan fingerprint density at radius 1 is 0.350 bits per heavy atom. The van der Waals surface area contributed by atoms with Crippen molar-refractivity contribution in [3.8, 4) is 33.4 Å². The van der Waals surface area contributed by atoms with E-state index >= 15 is 0 Å².